The Balaban J connectivity index is 1.08. The predicted molar refractivity (Wildman–Crippen MR) is 222 cm³/mol. The molecule has 0 unspecified atom stereocenters. The van der Waals surface area contributed by atoms with Gasteiger partial charge in [-0.25, -0.2) is 0 Å². The Labute approximate surface area is 305 Å². The van der Waals surface area contributed by atoms with Crippen molar-refractivity contribution in [3.05, 3.63) is 188 Å². The van der Waals surface area contributed by atoms with Crippen LogP contribution in [0.4, 0.5) is 17.1 Å². The van der Waals surface area contributed by atoms with Crippen molar-refractivity contribution in [2.45, 2.75) is 0 Å². The minimum absolute atomic E-state index is 0.867. The topological polar surface area (TPSA) is 29.5 Å². The first-order valence-corrected chi connectivity index (χ1v) is 18.0. The SMILES string of the molecule is c1ccc(-c2cccc3c2oc2ccc(-c4ccc(N(c5cccc6ccccc56)c5cccc6oc7c8ccccc8ccc7c56)cc4)cc23)cc1. The smallest absolute Gasteiger partial charge is 0.143 e. The zero-order valence-electron chi connectivity index (χ0n) is 28.7. The van der Waals surface area contributed by atoms with E-state index in [1.54, 1.807) is 0 Å². The average molecular weight is 678 g/mol. The molecular formula is C50H31NO2. The number of hydrogen-bond acceptors (Lipinski definition) is 3. The quantitative estimate of drug-likeness (QED) is 0.182. The normalized spacial score (nSPS) is 11.8. The van der Waals surface area contributed by atoms with Gasteiger partial charge in [-0.2, -0.15) is 0 Å². The summed E-state index contributed by atoms with van der Waals surface area (Å²) >= 11 is 0. The molecule has 3 heteroatoms. The molecule has 2 heterocycles. The first-order chi connectivity index (χ1) is 26.3. The Bertz CT molecular complexity index is 3160. The lowest BCUT2D eigenvalue weighted by Gasteiger charge is -2.27. The zero-order valence-corrected chi connectivity index (χ0v) is 28.7. The minimum atomic E-state index is 0.867. The van der Waals surface area contributed by atoms with Gasteiger partial charge in [0.2, 0.25) is 0 Å². The molecule has 0 aliphatic rings. The Morgan fingerprint density at radius 1 is 0.340 bits per heavy atom. The maximum atomic E-state index is 6.65. The molecule has 11 rings (SSSR count). The monoisotopic (exact) mass is 677 g/mol. The second-order valence-electron chi connectivity index (χ2n) is 13.7. The molecule has 0 radical (unpaired) electrons. The van der Waals surface area contributed by atoms with E-state index in [2.05, 4.69) is 187 Å². The van der Waals surface area contributed by atoms with E-state index in [1.165, 1.54) is 16.2 Å². The van der Waals surface area contributed by atoms with Crippen LogP contribution in [0.25, 0.3) is 87.7 Å². The van der Waals surface area contributed by atoms with Gasteiger partial charge in [0.1, 0.15) is 22.3 Å². The van der Waals surface area contributed by atoms with Gasteiger partial charge < -0.3 is 13.7 Å². The molecule has 0 bridgehead atoms. The third-order valence-electron chi connectivity index (χ3n) is 10.7. The van der Waals surface area contributed by atoms with Gasteiger partial charge in [-0.05, 0) is 76.0 Å². The standard InChI is InChI=1S/C50H31NO2/c1-2-11-34(12-3-1)40-18-9-19-41-43-31-36(26-30-46(43)52-49(40)41)32-23-27-37(28-24-32)51(44-20-8-15-33-13-4-6-16-38(33)44)45-21-10-22-47-48(45)42-29-25-35-14-5-7-17-39(35)50(42)53-47/h1-31H. The summed E-state index contributed by atoms with van der Waals surface area (Å²) < 4.78 is 13.1. The molecule has 0 saturated carbocycles. The highest BCUT2D eigenvalue weighted by atomic mass is 16.3. The van der Waals surface area contributed by atoms with Crippen LogP contribution in [0.5, 0.6) is 0 Å². The van der Waals surface area contributed by atoms with Crippen molar-refractivity contribution >= 4 is 82.5 Å². The van der Waals surface area contributed by atoms with Crippen LogP contribution in [0.2, 0.25) is 0 Å². The van der Waals surface area contributed by atoms with Gasteiger partial charge in [-0.3, -0.25) is 0 Å². The first-order valence-electron chi connectivity index (χ1n) is 18.0. The highest BCUT2D eigenvalue weighted by Crippen LogP contribution is 2.46. The van der Waals surface area contributed by atoms with Crippen molar-refractivity contribution in [2.75, 3.05) is 4.90 Å². The maximum absolute atomic E-state index is 6.65. The number of hydrogen-bond donors (Lipinski definition) is 0. The number of benzene rings is 9. The summed E-state index contributed by atoms with van der Waals surface area (Å²) in [6.45, 7) is 0. The molecule has 2 aromatic heterocycles. The van der Waals surface area contributed by atoms with Gasteiger partial charge in [0, 0.05) is 38.2 Å². The van der Waals surface area contributed by atoms with Crippen molar-refractivity contribution < 1.29 is 8.83 Å². The molecule has 11 aromatic rings. The maximum Gasteiger partial charge on any atom is 0.143 e. The summed E-state index contributed by atoms with van der Waals surface area (Å²) in [5, 5.41) is 9.09. The average Bonchev–Trinajstić information content (AvgIpc) is 3.81. The molecule has 0 spiro atoms. The number of para-hydroxylation sites is 1. The molecular weight excluding hydrogens is 647 g/mol. The lowest BCUT2D eigenvalue weighted by atomic mass is 9.99. The van der Waals surface area contributed by atoms with E-state index in [-0.39, 0.29) is 0 Å². The van der Waals surface area contributed by atoms with E-state index in [0.29, 0.717) is 0 Å². The van der Waals surface area contributed by atoms with Crippen molar-refractivity contribution in [3.63, 3.8) is 0 Å². The number of nitrogens with zero attached hydrogens (tertiary/aromatic N) is 1. The van der Waals surface area contributed by atoms with Gasteiger partial charge in [0.15, 0.2) is 0 Å². The van der Waals surface area contributed by atoms with Crippen LogP contribution in [0.1, 0.15) is 0 Å². The molecule has 248 valence electrons. The highest BCUT2D eigenvalue weighted by Gasteiger charge is 2.22. The number of fused-ring (bicyclic) bond motifs is 9. The van der Waals surface area contributed by atoms with Gasteiger partial charge in [-0.15, -0.1) is 0 Å². The Morgan fingerprint density at radius 3 is 1.87 bits per heavy atom. The number of rotatable bonds is 5. The molecule has 0 fully saturated rings. The van der Waals surface area contributed by atoms with Gasteiger partial charge in [0.05, 0.1) is 16.8 Å². The largest absolute Gasteiger partial charge is 0.455 e. The molecule has 0 amide bonds. The van der Waals surface area contributed by atoms with Gasteiger partial charge in [-0.1, -0.05) is 140 Å². The summed E-state index contributed by atoms with van der Waals surface area (Å²) in [6.07, 6.45) is 0. The fourth-order valence-electron chi connectivity index (χ4n) is 8.16. The fraction of sp³-hybridized carbons (Fsp3) is 0. The van der Waals surface area contributed by atoms with Crippen molar-refractivity contribution in [1.29, 1.82) is 0 Å². The highest BCUT2D eigenvalue weighted by molar-refractivity contribution is 6.20. The predicted octanol–water partition coefficient (Wildman–Crippen LogP) is 14.6. The molecule has 9 aromatic carbocycles. The molecule has 0 N–H and O–H groups in total. The van der Waals surface area contributed by atoms with Crippen molar-refractivity contribution in [1.82, 2.24) is 0 Å². The number of furan rings is 2. The Kier molecular flexibility index (Phi) is 6.55. The van der Waals surface area contributed by atoms with Crippen LogP contribution in [-0.4, -0.2) is 0 Å². The molecule has 0 atom stereocenters. The van der Waals surface area contributed by atoms with E-state index in [4.69, 9.17) is 8.83 Å². The summed E-state index contributed by atoms with van der Waals surface area (Å²) in [7, 11) is 0. The van der Waals surface area contributed by atoms with Crippen molar-refractivity contribution in [3.8, 4) is 22.3 Å². The Hall–Kier alpha value is -7.10. The van der Waals surface area contributed by atoms with E-state index in [1.807, 2.05) is 6.07 Å². The van der Waals surface area contributed by atoms with Crippen LogP contribution >= 0.6 is 0 Å². The van der Waals surface area contributed by atoms with Crippen LogP contribution < -0.4 is 4.90 Å². The third-order valence-corrected chi connectivity index (χ3v) is 10.7. The fourth-order valence-corrected chi connectivity index (χ4v) is 8.16. The van der Waals surface area contributed by atoms with E-state index >= 15 is 0 Å². The lowest BCUT2D eigenvalue weighted by molar-refractivity contribution is 0.670. The van der Waals surface area contributed by atoms with Gasteiger partial charge in [0.25, 0.3) is 0 Å². The summed E-state index contributed by atoms with van der Waals surface area (Å²) in [4.78, 5) is 2.39. The summed E-state index contributed by atoms with van der Waals surface area (Å²) in [5.74, 6) is 0. The van der Waals surface area contributed by atoms with Crippen LogP contribution in [-0.2, 0) is 0 Å². The molecule has 0 saturated heterocycles. The third kappa shape index (κ3) is 4.68. The second kappa shape index (κ2) is 11.7. The van der Waals surface area contributed by atoms with Crippen molar-refractivity contribution in [2.24, 2.45) is 0 Å². The second-order valence-corrected chi connectivity index (χ2v) is 13.7. The lowest BCUT2D eigenvalue weighted by Crippen LogP contribution is -2.10. The molecule has 3 nitrogen and oxygen atoms in total. The Morgan fingerprint density at radius 2 is 1.00 bits per heavy atom. The van der Waals surface area contributed by atoms with Crippen LogP contribution in [0.3, 0.4) is 0 Å². The zero-order chi connectivity index (χ0) is 34.9. The van der Waals surface area contributed by atoms with Gasteiger partial charge >= 0.3 is 0 Å². The summed E-state index contributed by atoms with van der Waals surface area (Å²) in [6, 6.07) is 66.7. The summed E-state index contributed by atoms with van der Waals surface area (Å²) in [5.41, 5.74) is 11.4. The van der Waals surface area contributed by atoms with E-state index in [9.17, 15) is 0 Å². The minimum Gasteiger partial charge on any atom is -0.455 e. The van der Waals surface area contributed by atoms with Crippen LogP contribution in [0, 0.1) is 0 Å². The molecule has 0 aliphatic heterocycles. The number of anilines is 3. The molecule has 53 heavy (non-hydrogen) atoms. The van der Waals surface area contributed by atoms with E-state index in [0.717, 1.165) is 88.6 Å². The molecule has 0 aliphatic carbocycles. The van der Waals surface area contributed by atoms with Crippen LogP contribution in [0.15, 0.2) is 197 Å². The van der Waals surface area contributed by atoms with E-state index < -0.39 is 0 Å². The first kappa shape index (κ1) is 29.6.